The molecule has 1 aliphatic heterocycles. The zero-order chi connectivity index (χ0) is 33.3. The topological polar surface area (TPSA) is 162 Å². The van der Waals surface area contributed by atoms with Crippen LogP contribution in [0.1, 0.15) is 54.9 Å². The van der Waals surface area contributed by atoms with Crippen LogP contribution < -0.4 is 20.1 Å². The van der Waals surface area contributed by atoms with Crippen molar-refractivity contribution in [2.75, 3.05) is 27.3 Å². The van der Waals surface area contributed by atoms with Gasteiger partial charge < -0.3 is 29.5 Å². The maximum absolute atomic E-state index is 13.7. The Bertz CT molecular complexity index is 1710. The lowest BCUT2D eigenvalue weighted by Gasteiger charge is -2.25. The zero-order valence-electron chi connectivity index (χ0n) is 27.0. The Labute approximate surface area is 273 Å². The van der Waals surface area contributed by atoms with Crippen molar-refractivity contribution in [1.82, 2.24) is 35.6 Å². The van der Waals surface area contributed by atoms with Gasteiger partial charge in [-0.3, -0.25) is 24.4 Å². The van der Waals surface area contributed by atoms with Crippen molar-refractivity contribution in [3.05, 3.63) is 72.1 Å². The van der Waals surface area contributed by atoms with Crippen molar-refractivity contribution in [3.63, 3.8) is 0 Å². The number of benzene rings is 1. The van der Waals surface area contributed by atoms with Crippen molar-refractivity contribution >= 4 is 17.7 Å². The van der Waals surface area contributed by atoms with Gasteiger partial charge in [-0.2, -0.15) is 4.98 Å². The first-order valence-electron chi connectivity index (χ1n) is 15.5. The number of aromatic nitrogens is 4. The third-order valence-corrected chi connectivity index (χ3v) is 7.76. The Morgan fingerprint density at radius 2 is 1.87 bits per heavy atom. The van der Waals surface area contributed by atoms with Crippen LogP contribution in [-0.2, 0) is 22.6 Å². The monoisotopic (exact) mass is 641 g/mol. The predicted molar refractivity (Wildman–Crippen MR) is 172 cm³/mol. The van der Waals surface area contributed by atoms with Crippen molar-refractivity contribution in [2.24, 2.45) is 5.92 Å². The van der Waals surface area contributed by atoms with Crippen LogP contribution in [-0.4, -0.2) is 76.1 Å². The number of fused-ring (bicyclic) bond motifs is 5. The molecule has 1 atom stereocenters. The van der Waals surface area contributed by atoms with Gasteiger partial charge in [-0.15, -0.1) is 0 Å². The van der Waals surface area contributed by atoms with E-state index in [0.29, 0.717) is 59.2 Å². The van der Waals surface area contributed by atoms with E-state index >= 15 is 0 Å². The Morgan fingerprint density at radius 1 is 1.06 bits per heavy atom. The minimum absolute atomic E-state index is 0.109. The summed E-state index contributed by atoms with van der Waals surface area (Å²) in [6, 6.07) is 8.30. The van der Waals surface area contributed by atoms with Gasteiger partial charge >= 0.3 is 0 Å². The third kappa shape index (κ3) is 8.29. The van der Waals surface area contributed by atoms with Gasteiger partial charge in [0.2, 0.25) is 23.5 Å². The lowest BCUT2D eigenvalue weighted by Crippen LogP contribution is -2.49. The van der Waals surface area contributed by atoms with Crippen LogP contribution in [0.3, 0.4) is 0 Å². The van der Waals surface area contributed by atoms with E-state index in [1.54, 1.807) is 49.8 Å². The van der Waals surface area contributed by atoms with Crippen LogP contribution in [0.15, 0.2) is 59.6 Å². The number of amides is 3. The van der Waals surface area contributed by atoms with Crippen LogP contribution >= 0.6 is 0 Å². The fourth-order valence-electron chi connectivity index (χ4n) is 5.45. The van der Waals surface area contributed by atoms with Crippen molar-refractivity contribution in [1.29, 1.82) is 0 Å². The van der Waals surface area contributed by atoms with Gasteiger partial charge in [0.15, 0.2) is 11.5 Å². The average Bonchev–Trinajstić information content (AvgIpc) is 3.55. The minimum Gasteiger partial charge on any atom is -0.493 e. The lowest BCUT2D eigenvalue weighted by atomic mass is 10.00. The Hall–Kier alpha value is -5.33. The van der Waals surface area contributed by atoms with Gasteiger partial charge in [0.25, 0.3) is 5.91 Å². The largest absolute Gasteiger partial charge is 0.493 e. The number of hydrogen-bond acceptors (Lipinski definition) is 10. The highest BCUT2D eigenvalue weighted by Crippen LogP contribution is 2.39. The molecule has 5 rings (SSSR count). The van der Waals surface area contributed by atoms with Crippen molar-refractivity contribution in [2.45, 2.75) is 52.1 Å². The first-order valence-corrected chi connectivity index (χ1v) is 15.5. The molecule has 4 aromatic rings. The van der Waals surface area contributed by atoms with Gasteiger partial charge in [0.05, 0.1) is 19.8 Å². The molecule has 0 saturated carbocycles. The van der Waals surface area contributed by atoms with Gasteiger partial charge in [-0.05, 0) is 54.7 Å². The number of pyridine rings is 2. The van der Waals surface area contributed by atoms with Crippen LogP contribution in [0, 0.1) is 5.92 Å². The highest BCUT2D eigenvalue weighted by molar-refractivity contribution is 5.98. The minimum atomic E-state index is -0.762. The van der Waals surface area contributed by atoms with E-state index in [4.69, 9.17) is 14.0 Å². The number of aryl methyl sites for hydroxylation is 1. The predicted octanol–water partition coefficient (Wildman–Crippen LogP) is 3.84. The molecule has 0 fully saturated rings. The average molecular weight is 642 g/mol. The second kappa shape index (κ2) is 15.3. The Kier molecular flexibility index (Phi) is 10.8. The molecule has 0 saturated heterocycles. The van der Waals surface area contributed by atoms with E-state index in [9.17, 15) is 14.4 Å². The maximum atomic E-state index is 13.7. The van der Waals surface area contributed by atoms with Crippen LogP contribution in [0.4, 0.5) is 0 Å². The van der Waals surface area contributed by atoms with Crippen molar-refractivity contribution < 1.29 is 28.4 Å². The highest BCUT2D eigenvalue weighted by Gasteiger charge is 2.25. The van der Waals surface area contributed by atoms with E-state index in [2.05, 4.69) is 30.7 Å². The van der Waals surface area contributed by atoms with Crippen molar-refractivity contribution in [3.8, 4) is 34.0 Å². The van der Waals surface area contributed by atoms with Gasteiger partial charge in [0.1, 0.15) is 6.04 Å². The number of hydrogen-bond donors (Lipinski definition) is 2. The second-order valence-electron chi connectivity index (χ2n) is 11.7. The number of carbonyl (C=O) groups is 3. The van der Waals surface area contributed by atoms with Crippen LogP contribution in [0.25, 0.3) is 22.5 Å². The molecule has 3 amide bonds. The van der Waals surface area contributed by atoms with E-state index < -0.39 is 11.9 Å². The quantitative estimate of drug-likeness (QED) is 0.275. The summed E-state index contributed by atoms with van der Waals surface area (Å²) in [5.74, 6) is 1.12. The molecule has 0 aliphatic carbocycles. The molecule has 1 aromatic carbocycles. The summed E-state index contributed by atoms with van der Waals surface area (Å²) in [5.41, 5.74) is 3.10. The zero-order valence-corrected chi connectivity index (χ0v) is 27.0. The van der Waals surface area contributed by atoms with E-state index in [1.165, 1.54) is 6.20 Å². The number of nitrogens with one attached hydrogen (secondary N) is 2. The fourth-order valence-corrected chi connectivity index (χ4v) is 5.45. The van der Waals surface area contributed by atoms with Gasteiger partial charge in [-0.1, -0.05) is 19.0 Å². The number of rotatable bonds is 9. The third-order valence-electron chi connectivity index (χ3n) is 7.76. The fraction of sp³-hybridized carbons (Fsp3) is 0.382. The molecule has 0 spiro atoms. The Morgan fingerprint density at radius 3 is 2.62 bits per heavy atom. The summed E-state index contributed by atoms with van der Waals surface area (Å²) in [7, 11) is 3.08. The number of carbonyl (C=O) groups excluding carboxylic acids is 3. The molecule has 2 N–H and O–H groups in total. The molecule has 13 heteroatoms. The number of methoxy groups -OCH3 is 2. The summed E-state index contributed by atoms with van der Waals surface area (Å²) in [4.78, 5) is 54.8. The van der Waals surface area contributed by atoms with E-state index in [0.717, 1.165) is 11.1 Å². The Balaban J connectivity index is 1.41. The van der Waals surface area contributed by atoms with Crippen LogP contribution in [0.5, 0.6) is 11.5 Å². The molecule has 3 aromatic heterocycles. The van der Waals surface area contributed by atoms with E-state index in [-0.39, 0.29) is 43.8 Å². The maximum Gasteiger partial charge on any atom is 0.253 e. The molecule has 246 valence electrons. The van der Waals surface area contributed by atoms with E-state index in [1.807, 2.05) is 32.0 Å². The summed E-state index contributed by atoms with van der Waals surface area (Å²) >= 11 is 0. The molecule has 4 heterocycles. The summed E-state index contributed by atoms with van der Waals surface area (Å²) in [5, 5.41) is 9.82. The molecule has 0 unspecified atom stereocenters. The lowest BCUT2D eigenvalue weighted by molar-refractivity contribution is -0.132. The first kappa shape index (κ1) is 33.0. The highest BCUT2D eigenvalue weighted by atomic mass is 16.5. The SMILES string of the molecule is COc1cc2cc(c1OC)-c1cncc(c1)C(=O)N[C@H](CC(C)C)C(=O)NCCN(C(=O)CCCc1nc(-c3cccnc3)no1)C2. The summed E-state index contributed by atoms with van der Waals surface area (Å²) in [6.45, 7) is 4.66. The second-order valence-corrected chi connectivity index (χ2v) is 11.7. The molecular formula is C34H39N7O6. The molecule has 1 aliphatic rings. The first-order chi connectivity index (χ1) is 22.7. The standard InChI is InChI=1S/C34H39N7O6/c1-21(2)13-27-34(44)37-11-12-41(30(42)9-5-8-29-39-32(40-47-29)23-7-6-10-35-17-23)20-22-14-26(31(46-4)28(15-22)45-3)24-16-25(19-36-18-24)33(43)38-27/h6-7,10,14-19,21,27H,5,8-9,11-13,20H2,1-4H3,(H,37,44)(H,38,43)/t27-/m1/s1. The number of nitrogens with zero attached hydrogens (tertiary/aromatic N) is 5. The molecular weight excluding hydrogens is 602 g/mol. The van der Waals surface area contributed by atoms with Crippen LogP contribution in [0.2, 0.25) is 0 Å². The molecule has 0 radical (unpaired) electrons. The molecule has 4 bridgehead atoms. The molecule has 13 nitrogen and oxygen atoms in total. The summed E-state index contributed by atoms with van der Waals surface area (Å²) < 4.78 is 16.8. The summed E-state index contributed by atoms with van der Waals surface area (Å²) in [6.07, 6.45) is 7.98. The van der Waals surface area contributed by atoms with Gasteiger partial charge in [-0.25, -0.2) is 0 Å². The normalized spacial score (nSPS) is 15.3. The smallest absolute Gasteiger partial charge is 0.253 e. The molecule has 47 heavy (non-hydrogen) atoms. The van der Waals surface area contributed by atoms with Gasteiger partial charge in [0, 0.05) is 74.0 Å². The number of ether oxygens (including phenoxy) is 2.